The molecule has 0 bridgehead atoms. The van der Waals surface area contributed by atoms with Gasteiger partial charge in [0.1, 0.15) is 11.1 Å². The van der Waals surface area contributed by atoms with Gasteiger partial charge in [-0.15, -0.1) is 0 Å². The monoisotopic (exact) mass is 400 g/mol. The third kappa shape index (κ3) is 4.00. The number of esters is 1. The zero-order valence-corrected chi connectivity index (χ0v) is 14.8. The standard InChI is InChI=1S/C18H13BrN2O4/c1-2-24-17(22)15-10-11-9-14(7-8-16(11)25-18(15)23)21-20-13-5-3-12(19)4-6-13/h3-10H,2H2,1H3/b21-20+. The van der Waals surface area contributed by atoms with Crippen molar-refractivity contribution in [3.63, 3.8) is 0 Å². The molecule has 0 atom stereocenters. The Hall–Kier alpha value is -2.80. The molecule has 7 heteroatoms. The van der Waals surface area contributed by atoms with E-state index in [4.69, 9.17) is 9.15 Å². The first-order valence-corrected chi connectivity index (χ1v) is 8.28. The van der Waals surface area contributed by atoms with Gasteiger partial charge in [0.05, 0.1) is 18.0 Å². The summed E-state index contributed by atoms with van der Waals surface area (Å²) in [5, 5.41) is 8.88. The van der Waals surface area contributed by atoms with Crippen LogP contribution < -0.4 is 5.63 Å². The number of halogens is 1. The summed E-state index contributed by atoms with van der Waals surface area (Å²) in [5.74, 6) is -0.708. The van der Waals surface area contributed by atoms with Crippen molar-refractivity contribution in [2.75, 3.05) is 6.61 Å². The smallest absolute Gasteiger partial charge is 0.351 e. The zero-order chi connectivity index (χ0) is 17.8. The second-order valence-electron chi connectivity index (χ2n) is 5.07. The van der Waals surface area contributed by atoms with Crippen LogP contribution in [0.5, 0.6) is 0 Å². The summed E-state index contributed by atoms with van der Waals surface area (Å²) in [6, 6.07) is 13.8. The number of hydrogen-bond acceptors (Lipinski definition) is 6. The summed E-state index contributed by atoms with van der Waals surface area (Å²) in [4.78, 5) is 23.7. The Morgan fingerprint density at radius 1 is 1.08 bits per heavy atom. The zero-order valence-electron chi connectivity index (χ0n) is 13.2. The Balaban J connectivity index is 1.95. The van der Waals surface area contributed by atoms with Crippen molar-refractivity contribution in [2.24, 2.45) is 10.2 Å². The lowest BCUT2D eigenvalue weighted by Gasteiger charge is -2.02. The van der Waals surface area contributed by atoms with Crippen LogP contribution in [0.4, 0.5) is 11.4 Å². The van der Waals surface area contributed by atoms with E-state index in [2.05, 4.69) is 26.2 Å². The lowest BCUT2D eigenvalue weighted by Crippen LogP contribution is -2.16. The molecule has 0 aliphatic rings. The number of azo groups is 1. The van der Waals surface area contributed by atoms with Gasteiger partial charge in [0.25, 0.3) is 0 Å². The molecule has 0 aliphatic carbocycles. The molecule has 25 heavy (non-hydrogen) atoms. The highest BCUT2D eigenvalue weighted by Gasteiger charge is 2.14. The number of carbonyl (C=O) groups is 1. The highest BCUT2D eigenvalue weighted by molar-refractivity contribution is 9.10. The van der Waals surface area contributed by atoms with Crippen LogP contribution in [0.1, 0.15) is 17.3 Å². The Kier molecular flexibility index (Phi) is 5.04. The number of rotatable bonds is 4. The SMILES string of the molecule is CCOC(=O)c1cc2cc(/N=N/c3ccc(Br)cc3)ccc2oc1=O. The number of nitrogens with zero attached hydrogens (tertiary/aromatic N) is 2. The van der Waals surface area contributed by atoms with Gasteiger partial charge in [0.15, 0.2) is 0 Å². The lowest BCUT2D eigenvalue weighted by atomic mass is 10.1. The Labute approximate surface area is 151 Å². The van der Waals surface area contributed by atoms with Gasteiger partial charge in [-0.2, -0.15) is 10.2 Å². The summed E-state index contributed by atoms with van der Waals surface area (Å²) in [7, 11) is 0. The van der Waals surface area contributed by atoms with Crippen LogP contribution in [0.2, 0.25) is 0 Å². The fourth-order valence-corrected chi connectivity index (χ4v) is 2.41. The maximum Gasteiger partial charge on any atom is 0.351 e. The number of carbonyl (C=O) groups excluding carboxylic acids is 1. The van der Waals surface area contributed by atoms with Crippen molar-refractivity contribution in [3.8, 4) is 0 Å². The molecule has 0 saturated heterocycles. The van der Waals surface area contributed by atoms with E-state index in [0.29, 0.717) is 22.3 Å². The van der Waals surface area contributed by atoms with Crippen molar-refractivity contribution in [3.05, 3.63) is 69.0 Å². The molecular weight excluding hydrogens is 388 g/mol. The highest BCUT2D eigenvalue weighted by Crippen LogP contribution is 2.24. The van der Waals surface area contributed by atoms with Crippen molar-refractivity contribution in [2.45, 2.75) is 6.92 Å². The molecule has 3 rings (SSSR count). The van der Waals surface area contributed by atoms with E-state index in [1.54, 1.807) is 25.1 Å². The number of hydrogen-bond donors (Lipinski definition) is 0. The molecule has 0 radical (unpaired) electrons. The van der Waals surface area contributed by atoms with E-state index in [9.17, 15) is 9.59 Å². The second kappa shape index (κ2) is 7.40. The predicted molar refractivity (Wildman–Crippen MR) is 96.8 cm³/mol. The molecule has 0 spiro atoms. The lowest BCUT2D eigenvalue weighted by molar-refractivity contribution is 0.0522. The summed E-state index contributed by atoms with van der Waals surface area (Å²) in [6.45, 7) is 1.85. The molecule has 0 aliphatic heterocycles. The maximum atomic E-state index is 11.9. The first-order chi connectivity index (χ1) is 12.1. The Bertz CT molecular complexity index is 1010. The van der Waals surface area contributed by atoms with E-state index in [1.165, 1.54) is 6.07 Å². The molecule has 1 heterocycles. The van der Waals surface area contributed by atoms with Crippen LogP contribution in [0.25, 0.3) is 11.0 Å². The van der Waals surface area contributed by atoms with Gasteiger partial charge in [-0.05, 0) is 55.5 Å². The van der Waals surface area contributed by atoms with Gasteiger partial charge in [-0.25, -0.2) is 9.59 Å². The van der Waals surface area contributed by atoms with E-state index in [-0.39, 0.29) is 12.2 Å². The first-order valence-electron chi connectivity index (χ1n) is 7.49. The van der Waals surface area contributed by atoms with Crippen molar-refractivity contribution < 1.29 is 13.9 Å². The molecule has 2 aromatic carbocycles. The maximum absolute atomic E-state index is 11.9. The molecule has 0 fully saturated rings. The van der Waals surface area contributed by atoms with Crippen LogP contribution in [0.3, 0.4) is 0 Å². The van der Waals surface area contributed by atoms with Crippen molar-refractivity contribution in [1.29, 1.82) is 0 Å². The molecule has 126 valence electrons. The first kappa shape index (κ1) is 17.0. The molecule has 0 N–H and O–H groups in total. The topological polar surface area (TPSA) is 81.2 Å². The van der Waals surface area contributed by atoms with Crippen LogP contribution in [0.15, 0.2) is 72.4 Å². The van der Waals surface area contributed by atoms with Crippen molar-refractivity contribution >= 4 is 44.2 Å². The minimum Gasteiger partial charge on any atom is -0.462 e. The summed E-state index contributed by atoms with van der Waals surface area (Å²) >= 11 is 3.36. The summed E-state index contributed by atoms with van der Waals surface area (Å²) in [5.41, 5.74) is 0.765. The van der Waals surface area contributed by atoms with E-state index in [1.807, 2.05) is 24.3 Å². The van der Waals surface area contributed by atoms with E-state index < -0.39 is 11.6 Å². The Morgan fingerprint density at radius 3 is 2.48 bits per heavy atom. The second-order valence-corrected chi connectivity index (χ2v) is 5.98. The van der Waals surface area contributed by atoms with E-state index in [0.717, 1.165) is 4.47 Å². The van der Waals surface area contributed by atoms with Gasteiger partial charge in [0.2, 0.25) is 0 Å². The minimum absolute atomic E-state index is 0.142. The number of benzene rings is 2. The minimum atomic E-state index is -0.727. The normalized spacial score (nSPS) is 11.1. The average molecular weight is 401 g/mol. The van der Waals surface area contributed by atoms with Gasteiger partial charge >= 0.3 is 11.6 Å². The Morgan fingerprint density at radius 2 is 1.76 bits per heavy atom. The molecule has 1 aromatic heterocycles. The van der Waals surface area contributed by atoms with E-state index >= 15 is 0 Å². The molecule has 3 aromatic rings. The van der Waals surface area contributed by atoms with Crippen molar-refractivity contribution in [1.82, 2.24) is 0 Å². The van der Waals surface area contributed by atoms with Crippen LogP contribution in [0, 0.1) is 0 Å². The van der Waals surface area contributed by atoms with Gasteiger partial charge < -0.3 is 9.15 Å². The summed E-state index contributed by atoms with van der Waals surface area (Å²) in [6.07, 6.45) is 0. The molecular formula is C18H13BrN2O4. The fraction of sp³-hybridized carbons (Fsp3) is 0.111. The fourth-order valence-electron chi connectivity index (χ4n) is 2.15. The van der Waals surface area contributed by atoms with Crippen LogP contribution in [-0.2, 0) is 4.74 Å². The molecule has 0 unspecified atom stereocenters. The quantitative estimate of drug-likeness (QED) is 0.344. The molecule has 0 saturated carbocycles. The van der Waals surface area contributed by atoms with Gasteiger partial charge in [-0.1, -0.05) is 15.9 Å². The number of fused-ring (bicyclic) bond motifs is 1. The highest BCUT2D eigenvalue weighted by atomic mass is 79.9. The van der Waals surface area contributed by atoms with Gasteiger partial charge in [0, 0.05) is 9.86 Å². The van der Waals surface area contributed by atoms with Crippen LogP contribution >= 0.6 is 15.9 Å². The average Bonchev–Trinajstić information content (AvgIpc) is 2.61. The molecule has 6 nitrogen and oxygen atoms in total. The third-order valence-electron chi connectivity index (χ3n) is 3.32. The van der Waals surface area contributed by atoms with Gasteiger partial charge in [-0.3, -0.25) is 0 Å². The predicted octanol–water partition coefficient (Wildman–Crippen LogP) is 5.15. The number of ether oxygens (including phenoxy) is 1. The molecule has 0 amide bonds. The largest absolute Gasteiger partial charge is 0.462 e. The summed E-state index contributed by atoms with van der Waals surface area (Å²) < 4.78 is 11.0. The third-order valence-corrected chi connectivity index (χ3v) is 3.85. The van der Waals surface area contributed by atoms with Crippen LogP contribution in [-0.4, -0.2) is 12.6 Å².